The van der Waals surface area contributed by atoms with Crippen LogP contribution in [0.15, 0.2) is 42.7 Å². The van der Waals surface area contributed by atoms with Crippen LogP contribution in [0.5, 0.6) is 0 Å². The van der Waals surface area contributed by atoms with Crippen molar-refractivity contribution >= 4 is 17.3 Å². The van der Waals surface area contributed by atoms with Crippen LogP contribution in [0.25, 0.3) is 27.1 Å². The highest BCUT2D eigenvalue weighted by molar-refractivity contribution is 5.94. The molecule has 0 bridgehead atoms. The summed E-state index contributed by atoms with van der Waals surface area (Å²) in [6, 6.07) is 10.6. The zero-order chi connectivity index (χ0) is 21.1. The van der Waals surface area contributed by atoms with E-state index >= 15 is 4.39 Å². The maximum absolute atomic E-state index is 15.7. The predicted molar refractivity (Wildman–Crippen MR) is 114 cm³/mol. The molecular weight excluding hydrogens is 379 g/mol. The third-order valence-electron chi connectivity index (χ3n) is 5.30. The maximum atomic E-state index is 15.7. The molecule has 0 atom stereocenters. The predicted octanol–water partition coefficient (Wildman–Crippen LogP) is 4.94. The number of aromatic nitrogens is 2. The van der Waals surface area contributed by atoms with E-state index in [1.807, 2.05) is 4.90 Å². The average Bonchev–Trinajstić information content (AvgIpc) is 2.79. The van der Waals surface area contributed by atoms with Gasteiger partial charge >= 0.3 is 0 Å². The first kappa shape index (κ1) is 19.4. The number of halogens is 1. The van der Waals surface area contributed by atoms with E-state index < -0.39 is 5.82 Å². The topological polar surface area (TPSA) is 83.2 Å². The number of nitrogens with two attached hydrogens (primary N) is 1. The molecule has 1 saturated heterocycles. The minimum absolute atomic E-state index is 0.00505. The van der Waals surface area contributed by atoms with E-state index in [2.05, 4.69) is 20.9 Å². The van der Waals surface area contributed by atoms with Crippen LogP contribution in [0.1, 0.15) is 24.8 Å². The van der Waals surface area contributed by atoms with Crippen LogP contribution in [0.3, 0.4) is 0 Å². The van der Waals surface area contributed by atoms with Gasteiger partial charge in [-0.15, -0.1) is 0 Å². The normalized spacial score (nSPS) is 13.5. The highest BCUT2D eigenvalue weighted by Gasteiger charge is 2.26. The van der Waals surface area contributed by atoms with E-state index in [9.17, 15) is 5.26 Å². The molecule has 0 unspecified atom stereocenters. The van der Waals surface area contributed by atoms with E-state index in [0.29, 0.717) is 16.9 Å². The Bertz CT molecular complexity index is 1170. The number of benzene rings is 1. The molecule has 0 saturated carbocycles. The first-order valence-electron chi connectivity index (χ1n) is 9.71. The minimum Gasteiger partial charge on any atom is -0.392 e. The molecule has 4 rings (SSSR count). The van der Waals surface area contributed by atoms with Crippen molar-refractivity contribution in [3.63, 3.8) is 0 Å². The van der Waals surface area contributed by atoms with Crippen molar-refractivity contribution in [1.29, 1.82) is 5.26 Å². The highest BCUT2D eigenvalue weighted by Crippen LogP contribution is 2.43. The van der Waals surface area contributed by atoms with Crippen LogP contribution in [-0.4, -0.2) is 23.1 Å². The molecule has 0 amide bonds. The van der Waals surface area contributed by atoms with Crippen molar-refractivity contribution in [2.75, 3.05) is 23.7 Å². The van der Waals surface area contributed by atoms with E-state index in [0.717, 1.165) is 32.4 Å². The molecule has 1 fully saturated rings. The van der Waals surface area contributed by atoms with E-state index in [1.54, 1.807) is 42.7 Å². The lowest BCUT2D eigenvalue weighted by Gasteiger charge is -2.29. The van der Waals surface area contributed by atoms with Gasteiger partial charge in [0.15, 0.2) is 0 Å². The Balaban J connectivity index is 1.98. The van der Waals surface area contributed by atoms with Gasteiger partial charge in [-0.3, -0.25) is 4.98 Å². The van der Waals surface area contributed by atoms with E-state index in [-0.39, 0.29) is 28.2 Å². The number of anilines is 2. The van der Waals surface area contributed by atoms with Gasteiger partial charge in [-0.05, 0) is 25.3 Å². The second-order valence-electron chi connectivity index (χ2n) is 7.10. The molecule has 1 aliphatic rings. The Labute approximate surface area is 174 Å². The Hall–Kier alpha value is -3.97. The van der Waals surface area contributed by atoms with Crippen LogP contribution in [0.4, 0.5) is 21.7 Å². The lowest BCUT2D eigenvalue weighted by Crippen LogP contribution is -2.31. The van der Waals surface area contributed by atoms with Crippen LogP contribution in [0.2, 0.25) is 0 Å². The van der Waals surface area contributed by atoms with Crippen LogP contribution >= 0.6 is 0 Å². The molecule has 3 heterocycles. The largest absolute Gasteiger partial charge is 0.392 e. The van der Waals surface area contributed by atoms with Crippen molar-refractivity contribution in [2.24, 2.45) is 0 Å². The first-order chi connectivity index (χ1) is 14.7. The molecule has 0 spiro atoms. The lowest BCUT2D eigenvalue weighted by molar-refractivity contribution is 0.573. The standard InChI is InChI=1S/C23H19FN6/c1-27-21-19(17-9-5-8-16(20(17)24)15-7-6-10-28-14-15)18(13-25)23(29-22(21)26)30-11-3-2-4-12-30/h5-10,14H,2-4,11-12H2,(H2,26,29). The smallest absolute Gasteiger partial charge is 0.237 e. The second kappa shape index (κ2) is 8.18. The molecule has 148 valence electrons. The van der Waals surface area contributed by atoms with E-state index in [1.165, 1.54) is 0 Å². The van der Waals surface area contributed by atoms with Gasteiger partial charge in [-0.2, -0.15) is 5.26 Å². The van der Waals surface area contributed by atoms with Crippen LogP contribution in [-0.2, 0) is 0 Å². The number of pyridine rings is 2. The van der Waals surface area contributed by atoms with Crippen molar-refractivity contribution in [3.8, 4) is 28.3 Å². The Kier molecular flexibility index (Phi) is 5.28. The number of nitriles is 1. The molecule has 1 aliphatic heterocycles. The number of hydrogen-bond acceptors (Lipinski definition) is 5. The number of nitrogen functional groups attached to an aromatic ring is 1. The third kappa shape index (κ3) is 3.31. The van der Waals surface area contributed by atoms with Gasteiger partial charge in [0, 0.05) is 47.7 Å². The Morgan fingerprint density at radius 1 is 1.13 bits per heavy atom. The molecule has 2 N–H and O–H groups in total. The van der Waals surface area contributed by atoms with Crippen LogP contribution < -0.4 is 10.6 Å². The third-order valence-corrected chi connectivity index (χ3v) is 5.30. The summed E-state index contributed by atoms with van der Waals surface area (Å²) in [7, 11) is 0. The number of piperidine rings is 1. The fraction of sp³-hybridized carbons (Fsp3) is 0.217. The highest BCUT2D eigenvalue weighted by atomic mass is 19.1. The fourth-order valence-electron chi connectivity index (χ4n) is 3.87. The van der Waals surface area contributed by atoms with Gasteiger partial charge in [0.25, 0.3) is 0 Å². The zero-order valence-corrected chi connectivity index (χ0v) is 16.3. The molecular formula is C23H19FN6. The summed E-state index contributed by atoms with van der Waals surface area (Å²) in [4.78, 5) is 13.9. The van der Waals surface area contributed by atoms with Gasteiger partial charge in [0.1, 0.15) is 23.5 Å². The molecule has 0 aliphatic carbocycles. The number of rotatable bonds is 3. The fourth-order valence-corrected chi connectivity index (χ4v) is 3.87. The summed E-state index contributed by atoms with van der Waals surface area (Å²) in [6.45, 7) is 9.09. The quantitative estimate of drug-likeness (QED) is 0.632. The summed E-state index contributed by atoms with van der Waals surface area (Å²) in [6.07, 6.45) is 6.27. The molecule has 1 aromatic carbocycles. The summed E-state index contributed by atoms with van der Waals surface area (Å²) >= 11 is 0. The summed E-state index contributed by atoms with van der Waals surface area (Å²) < 4.78 is 15.7. The summed E-state index contributed by atoms with van der Waals surface area (Å²) in [5, 5.41) is 9.99. The summed E-state index contributed by atoms with van der Waals surface area (Å²) in [5.74, 6) is -0.101. The molecule has 7 heteroatoms. The minimum atomic E-state index is -0.526. The maximum Gasteiger partial charge on any atom is 0.237 e. The molecule has 30 heavy (non-hydrogen) atoms. The summed E-state index contributed by atoms with van der Waals surface area (Å²) in [5.41, 5.74) is 7.59. The SMILES string of the molecule is [C-]#[N+]c1c(N)nc(N2CCCCC2)c(C#N)c1-c1cccc(-c2cccnc2)c1F. The average molecular weight is 398 g/mol. The van der Waals surface area contributed by atoms with Crippen molar-refractivity contribution < 1.29 is 4.39 Å². The first-order valence-corrected chi connectivity index (χ1v) is 9.71. The van der Waals surface area contributed by atoms with Crippen molar-refractivity contribution in [2.45, 2.75) is 19.3 Å². The molecule has 0 radical (unpaired) electrons. The molecule has 3 aromatic rings. The van der Waals surface area contributed by atoms with Gasteiger partial charge in [0.05, 0.1) is 12.1 Å². The van der Waals surface area contributed by atoms with Crippen LogP contribution in [0, 0.1) is 23.7 Å². The van der Waals surface area contributed by atoms with Crippen molar-refractivity contribution in [3.05, 3.63) is 65.5 Å². The molecule has 6 nitrogen and oxygen atoms in total. The molecule has 2 aromatic heterocycles. The number of hydrogen-bond donors (Lipinski definition) is 1. The lowest BCUT2D eigenvalue weighted by atomic mass is 9.94. The Morgan fingerprint density at radius 2 is 1.90 bits per heavy atom. The van der Waals surface area contributed by atoms with Crippen molar-refractivity contribution in [1.82, 2.24) is 9.97 Å². The van der Waals surface area contributed by atoms with Gasteiger partial charge in [0.2, 0.25) is 5.69 Å². The van der Waals surface area contributed by atoms with Gasteiger partial charge in [-0.25, -0.2) is 14.2 Å². The van der Waals surface area contributed by atoms with Gasteiger partial charge < -0.3 is 10.6 Å². The van der Waals surface area contributed by atoms with Gasteiger partial charge in [-0.1, -0.05) is 24.3 Å². The Morgan fingerprint density at radius 3 is 2.57 bits per heavy atom. The number of nitrogens with zero attached hydrogens (tertiary/aromatic N) is 5. The van der Waals surface area contributed by atoms with E-state index in [4.69, 9.17) is 12.3 Å². The second-order valence-corrected chi connectivity index (χ2v) is 7.10. The zero-order valence-electron chi connectivity index (χ0n) is 16.3. The monoisotopic (exact) mass is 398 g/mol.